The molecule has 0 unspecified atom stereocenters. The number of benzene rings is 2. The van der Waals surface area contributed by atoms with E-state index in [0.29, 0.717) is 0 Å². The quantitative estimate of drug-likeness (QED) is 0.534. The van der Waals surface area contributed by atoms with Crippen LogP contribution in [0.2, 0.25) is 0 Å². The second-order valence-corrected chi connectivity index (χ2v) is 6.44. The van der Waals surface area contributed by atoms with Crippen LogP contribution in [0.25, 0.3) is 10.8 Å². The van der Waals surface area contributed by atoms with Crippen molar-refractivity contribution >= 4 is 22.2 Å². The summed E-state index contributed by atoms with van der Waals surface area (Å²) in [6, 6.07) is 18.0. The van der Waals surface area contributed by atoms with Crippen molar-refractivity contribution in [3.05, 3.63) is 84.8 Å². The summed E-state index contributed by atoms with van der Waals surface area (Å²) in [6.45, 7) is 3.69. The van der Waals surface area contributed by atoms with Crippen molar-refractivity contribution in [1.29, 1.82) is 0 Å². The van der Waals surface area contributed by atoms with E-state index >= 15 is 0 Å². The second-order valence-electron chi connectivity index (χ2n) is 6.44. The predicted octanol–water partition coefficient (Wildman–Crippen LogP) is 3.75. The maximum atomic E-state index is 12.7. The summed E-state index contributed by atoms with van der Waals surface area (Å²) in [5.74, 6) is 0.0540. The zero-order valence-corrected chi connectivity index (χ0v) is 14.6. The molecule has 4 rings (SSSR count). The highest BCUT2D eigenvalue weighted by Gasteiger charge is 2.15. The van der Waals surface area contributed by atoms with Crippen molar-refractivity contribution in [2.45, 2.75) is 0 Å². The van der Waals surface area contributed by atoms with Crippen LogP contribution < -0.4 is 4.90 Å². The maximum absolute atomic E-state index is 12.7. The Hall–Kier alpha value is -3.14. The van der Waals surface area contributed by atoms with Gasteiger partial charge in [0.15, 0.2) is 5.78 Å². The molecule has 4 heteroatoms. The normalized spacial score (nSPS) is 14.9. The fourth-order valence-corrected chi connectivity index (χ4v) is 3.39. The molecule has 0 amide bonds. The summed E-state index contributed by atoms with van der Waals surface area (Å²) in [4.78, 5) is 21.3. The van der Waals surface area contributed by atoms with Crippen LogP contribution in [-0.2, 0) is 0 Å². The van der Waals surface area contributed by atoms with Gasteiger partial charge in [-0.3, -0.25) is 9.78 Å². The van der Waals surface area contributed by atoms with Crippen molar-refractivity contribution in [3.63, 3.8) is 0 Å². The lowest BCUT2D eigenvalue weighted by Gasteiger charge is -2.35. The summed E-state index contributed by atoms with van der Waals surface area (Å²) < 4.78 is 0. The van der Waals surface area contributed by atoms with Crippen LogP contribution in [-0.4, -0.2) is 41.8 Å². The lowest BCUT2D eigenvalue weighted by molar-refractivity contribution is 0.104. The molecule has 1 aromatic heterocycles. The Kier molecular flexibility index (Phi) is 4.65. The minimum absolute atomic E-state index is 0.0540. The number of piperazine rings is 1. The van der Waals surface area contributed by atoms with E-state index in [2.05, 4.69) is 14.8 Å². The van der Waals surface area contributed by atoms with E-state index < -0.39 is 0 Å². The number of rotatable bonds is 4. The van der Waals surface area contributed by atoms with E-state index in [9.17, 15) is 4.79 Å². The molecule has 130 valence electrons. The molecule has 0 aliphatic carbocycles. The molecular weight excluding hydrogens is 322 g/mol. The van der Waals surface area contributed by atoms with Gasteiger partial charge >= 0.3 is 0 Å². The number of pyridine rings is 1. The van der Waals surface area contributed by atoms with Crippen molar-refractivity contribution < 1.29 is 4.79 Å². The molecule has 0 bridgehead atoms. The Morgan fingerprint density at radius 2 is 1.62 bits per heavy atom. The average molecular weight is 343 g/mol. The topological polar surface area (TPSA) is 36.4 Å². The number of nitrogens with zero attached hydrogens (tertiary/aromatic N) is 3. The smallest absolute Gasteiger partial charge is 0.187 e. The molecule has 1 aliphatic rings. The molecule has 4 nitrogen and oxygen atoms in total. The van der Waals surface area contributed by atoms with Gasteiger partial charge < -0.3 is 9.80 Å². The van der Waals surface area contributed by atoms with Gasteiger partial charge in [0, 0.05) is 62.1 Å². The Balaban J connectivity index is 1.42. The number of carbonyl (C=O) groups excluding carboxylic acids is 1. The van der Waals surface area contributed by atoms with E-state index in [1.165, 1.54) is 5.69 Å². The standard InChI is InChI=1S/C22H21N3O/c26-22(21-7-3-5-18-4-1-2-6-20(18)21)10-13-24-14-16-25(17-15-24)19-8-11-23-12-9-19/h1-13H,14-17H2. The average Bonchev–Trinajstić information content (AvgIpc) is 2.72. The van der Waals surface area contributed by atoms with Crippen molar-refractivity contribution in [2.75, 3.05) is 31.1 Å². The van der Waals surface area contributed by atoms with Gasteiger partial charge in [0.1, 0.15) is 0 Å². The van der Waals surface area contributed by atoms with Crippen molar-refractivity contribution in [3.8, 4) is 0 Å². The molecule has 1 aliphatic heterocycles. The van der Waals surface area contributed by atoms with Crippen molar-refractivity contribution in [2.24, 2.45) is 0 Å². The molecule has 1 saturated heterocycles. The SMILES string of the molecule is O=C(C=CN1CCN(c2ccncc2)CC1)c1cccc2ccccc12. The fraction of sp³-hybridized carbons (Fsp3) is 0.182. The van der Waals surface area contributed by atoms with Gasteiger partial charge in [-0.05, 0) is 22.9 Å². The van der Waals surface area contributed by atoms with Crippen LogP contribution in [0.3, 0.4) is 0 Å². The number of fused-ring (bicyclic) bond motifs is 1. The highest BCUT2D eigenvalue weighted by Crippen LogP contribution is 2.19. The molecule has 2 heterocycles. The Morgan fingerprint density at radius 3 is 2.42 bits per heavy atom. The van der Waals surface area contributed by atoms with Gasteiger partial charge in [-0.2, -0.15) is 0 Å². The van der Waals surface area contributed by atoms with Crippen LogP contribution in [0.4, 0.5) is 5.69 Å². The first-order chi connectivity index (χ1) is 12.8. The summed E-state index contributed by atoms with van der Waals surface area (Å²) in [7, 11) is 0. The molecular formula is C22H21N3O. The lowest BCUT2D eigenvalue weighted by Crippen LogP contribution is -2.44. The summed E-state index contributed by atoms with van der Waals surface area (Å²) in [5, 5.41) is 2.10. The van der Waals surface area contributed by atoms with E-state index in [4.69, 9.17) is 0 Å². The third-order valence-electron chi connectivity index (χ3n) is 4.83. The molecule has 26 heavy (non-hydrogen) atoms. The third kappa shape index (κ3) is 3.45. The number of hydrogen-bond acceptors (Lipinski definition) is 4. The molecule has 0 N–H and O–H groups in total. The van der Waals surface area contributed by atoms with E-state index in [1.54, 1.807) is 6.08 Å². The predicted molar refractivity (Wildman–Crippen MR) is 105 cm³/mol. The summed E-state index contributed by atoms with van der Waals surface area (Å²) >= 11 is 0. The highest BCUT2D eigenvalue weighted by atomic mass is 16.1. The number of allylic oxidation sites excluding steroid dienone is 1. The van der Waals surface area contributed by atoms with E-state index in [1.807, 2.05) is 73.2 Å². The van der Waals surface area contributed by atoms with E-state index in [0.717, 1.165) is 42.5 Å². The van der Waals surface area contributed by atoms with Crippen LogP contribution >= 0.6 is 0 Å². The lowest BCUT2D eigenvalue weighted by atomic mass is 10.0. The van der Waals surface area contributed by atoms with Gasteiger partial charge in [-0.1, -0.05) is 42.5 Å². The highest BCUT2D eigenvalue weighted by molar-refractivity contribution is 6.13. The summed E-state index contributed by atoms with van der Waals surface area (Å²) in [6.07, 6.45) is 7.28. The number of ketones is 1. The molecule has 1 fully saturated rings. The number of carbonyl (C=O) groups is 1. The van der Waals surface area contributed by atoms with Crippen LogP contribution in [0.5, 0.6) is 0 Å². The van der Waals surface area contributed by atoms with E-state index in [-0.39, 0.29) is 5.78 Å². The monoisotopic (exact) mass is 343 g/mol. The van der Waals surface area contributed by atoms with Gasteiger partial charge in [0.2, 0.25) is 0 Å². The van der Waals surface area contributed by atoms with Gasteiger partial charge in [0.25, 0.3) is 0 Å². The molecule has 3 aromatic rings. The molecule has 0 radical (unpaired) electrons. The van der Waals surface area contributed by atoms with Crippen LogP contribution in [0, 0.1) is 0 Å². The fourth-order valence-electron chi connectivity index (χ4n) is 3.39. The minimum atomic E-state index is 0.0540. The van der Waals surface area contributed by atoms with Gasteiger partial charge in [-0.15, -0.1) is 0 Å². The number of hydrogen-bond donors (Lipinski definition) is 0. The van der Waals surface area contributed by atoms with Gasteiger partial charge in [-0.25, -0.2) is 0 Å². The molecule has 2 aromatic carbocycles. The van der Waals surface area contributed by atoms with Crippen LogP contribution in [0.1, 0.15) is 10.4 Å². The van der Waals surface area contributed by atoms with Gasteiger partial charge in [0.05, 0.1) is 0 Å². The zero-order valence-electron chi connectivity index (χ0n) is 14.6. The van der Waals surface area contributed by atoms with Crippen LogP contribution in [0.15, 0.2) is 79.3 Å². The minimum Gasteiger partial charge on any atom is -0.374 e. The summed E-state index contributed by atoms with van der Waals surface area (Å²) in [5.41, 5.74) is 1.96. The first kappa shape index (κ1) is 16.3. The molecule has 0 atom stereocenters. The second kappa shape index (κ2) is 7.40. The molecule has 0 saturated carbocycles. The Labute approximate surface area is 153 Å². The first-order valence-electron chi connectivity index (χ1n) is 8.90. The Morgan fingerprint density at radius 1 is 0.885 bits per heavy atom. The number of aromatic nitrogens is 1. The number of anilines is 1. The molecule has 0 spiro atoms. The largest absolute Gasteiger partial charge is 0.374 e. The first-order valence-corrected chi connectivity index (χ1v) is 8.90. The zero-order chi connectivity index (χ0) is 17.8. The third-order valence-corrected chi connectivity index (χ3v) is 4.83. The maximum Gasteiger partial charge on any atom is 0.187 e. The van der Waals surface area contributed by atoms with Crippen molar-refractivity contribution in [1.82, 2.24) is 9.88 Å². The Bertz CT molecular complexity index is 923.